The number of hydrogen-bond acceptors (Lipinski definition) is 3. The third-order valence-corrected chi connectivity index (χ3v) is 3.38. The van der Waals surface area contributed by atoms with Gasteiger partial charge in [-0.2, -0.15) is 0 Å². The van der Waals surface area contributed by atoms with Crippen molar-refractivity contribution in [3.8, 4) is 0 Å². The fraction of sp³-hybridized carbons (Fsp3) is 0.267. The molecule has 0 fully saturated rings. The van der Waals surface area contributed by atoms with Gasteiger partial charge in [-0.3, -0.25) is 4.98 Å². The van der Waals surface area contributed by atoms with E-state index in [1.165, 1.54) is 12.1 Å². The first-order valence-electron chi connectivity index (χ1n) is 6.35. The second kappa shape index (κ2) is 6.79. The van der Waals surface area contributed by atoms with Gasteiger partial charge in [0.05, 0.1) is 16.8 Å². The maximum absolute atomic E-state index is 13.3. The summed E-state index contributed by atoms with van der Waals surface area (Å²) in [4.78, 5) is 4.23. The Morgan fingerprint density at radius 2 is 2.15 bits per heavy atom. The van der Waals surface area contributed by atoms with E-state index in [-0.39, 0.29) is 11.1 Å². The van der Waals surface area contributed by atoms with E-state index in [0.717, 1.165) is 5.69 Å². The van der Waals surface area contributed by atoms with Gasteiger partial charge < -0.3 is 10.4 Å². The van der Waals surface area contributed by atoms with Gasteiger partial charge in [0.1, 0.15) is 5.82 Å². The Morgan fingerprint density at radius 3 is 2.80 bits per heavy atom. The van der Waals surface area contributed by atoms with E-state index in [2.05, 4.69) is 10.3 Å². The molecule has 3 nitrogen and oxygen atoms in total. The first-order chi connectivity index (χ1) is 9.58. The lowest BCUT2D eigenvalue weighted by atomic mass is 10.1. The van der Waals surface area contributed by atoms with Crippen molar-refractivity contribution in [2.75, 3.05) is 6.54 Å². The third-order valence-electron chi connectivity index (χ3n) is 3.08. The van der Waals surface area contributed by atoms with Crippen LogP contribution in [-0.4, -0.2) is 16.6 Å². The number of pyridine rings is 1. The molecule has 5 heteroatoms. The van der Waals surface area contributed by atoms with Crippen molar-refractivity contribution in [1.82, 2.24) is 10.3 Å². The second-order valence-electron chi connectivity index (χ2n) is 4.57. The van der Waals surface area contributed by atoms with Crippen LogP contribution < -0.4 is 5.32 Å². The first-order valence-corrected chi connectivity index (χ1v) is 6.73. The van der Waals surface area contributed by atoms with Crippen molar-refractivity contribution in [2.24, 2.45) is 0 Å². The van der Waals surface area contributed by atoms with E-state index < -0.39 is 11.9 Å². The van der Waals surface area contributed by atoms with E-state index in [0.29, 0.717) is 12.1 Å². The van der Waals surface area contributed by atoms with Crippen LogP contribution in [0.2, 0.25) is 5.02 Å². The summed E-state index contributed by atoms with van der Waals surface area (Å²) < 4.78 is 13.3. The molecule has 2 rings (SSSR count). The van der Waals surface area contributed by atoms with Crippen LogP contribution in [0.4, 0.5) is 4.39 Å². The van der Waals surface area contributed by atoms with Crippen molar-refractivity contribution in [2.45, 2.75) is 19.1 Å². The summed E-state index contributed by atoms with van der Waals surface area (Å²) in [5.41, 5.74) is 1.38. The van der Waals surface area contributed by atoms with E-state index in [1.807, 2.05) is 25.1 Å². The summed E-state index contributed by atoms with van der Waals surface area (Å²) in [6.07, 6.45) is 0.923. The molecule has 2 N–H and O–H groups in total. The lowest BCUT2D eigenvalue weighted by Crippen LogP contribution is -2.25. The fourth-order valence-electron chi connectivity index (χ4n) is 1.86. The highest BCUT2D eigenvalue weighted by Crippen LogP contribution is 2.20. The van der Waals surface area contributed by atoms with Gasteiger partial charge in [0.25, 0.3) is 0 Å². The van der Waals surface area contributed by atoms with Gasteiger partial charge in [-0.1, -0.05) is 23.7 Å². The van der Waals surface area contributed by atoms with Crippen LogP contribution in [0.3, 0.4) is 0 Å². The van der Waals surface area contributed by atoms with Gasteiger partial charge >= 0.3 is 0 Å². The molecule has 0 aliphatic heterocycles. The van der Waals surface area contributed by atoms with Gasteiger partial charge in [-0.15, -0.1) is 0 Å². The second-order valence-corrected chi connectivity index (χ2v) is 4.98. The predicted molar refractivity (Wildman–Crippen MR) is 77.0 cm³/mol. The molecule has 106 valence electrons. The van der Waals surface area contributed by atoms with Crippen LogP contribution in [-0.2, 0) is 0 Å². The van der Waals surface area contributed by atoms with Crippen LogP contribution in [0.25, 0.3) is 0 Å². The van der Waals surface area contributed by atoms with Crippen LogP contribution in [0, 0.1) is 5.82 Å². The summed E-state index contributed by atoms with van der Waals surface area (Å²) in [5.74, 6) is -0.527. The van der Waals surface area contributed by atoms with Crippen molar-refractivity contribution in [3.05, 3.63) is 64.7 Å². The molecular weight excluding hydrogens is 279 g/mol. The molecule has 1 heterocycles. The molecule has 0 amide bonds. The summed E-state index contributed by atoms with van der Waals surface area (Å²) >= 11 is 5.61. The Balaban J connectivity index is 1.95. The Labute approximate surface area is 122 Å². The zero-order valence-corrected chi connectivity index (χ0v) is 11.8. The Bertz CT molecular complexity index is 565. The van der Waals surface area contributed by atoms with Crippen molar-refractivity contribution in [3.63, 3.8) is 0 Å². The molecule has 2 unspecified atom stereocenters. The van der Waals surface area contributed by atoms with E-state index >= 15 is 0 Å². The molecule has 1 aromatic carbocycles. The zero-order valence-electron chi connectivity index (χ0n) is 11.1. The number of halogens is 2. The molecule has 0 aliphatic rings. The largest absolute Gasteiger partial charge is 0.387 e. The first kappa shape index (κ1) is 14.9. The summed E-state index contributed by atoms with van der Waals surface area (Å²) in [5, 5.41) is 13.3. The fourth-order valence-corrected chi connectivity index (χ4v) is 1.98. The number of aromatic nitrogens is 1. The van der Waals surface area contributed by atoms with Gasteiger partial charge in [0, 0.05) is 18.8 Å². The van der Waals surface area contributed by atoms with Crippen molar-refractivity contribution in [1.29, 1.82) is 0 Å². The Morgan fingerprint density at radius 1 is 1.35 bits per heavy atom. The highest BCUT2D eigenvalue weighted by molar-refractivity contribution is 6.30. The average Bonchev–Trinajstić information content (AvgIpc) is 2.48. The number of aliphatic hydroxyl groups is 1. The van der Waals surface area contributed by atoms with Gasteiger partial charge in [0.15, 0.2) is 0 Å². The molecule has 0 radical (unpaired) electrons. The number of aliphatic hydroxyl groups excluding tert-OH is 1. The van der Waals surface area contributed by atoms with Gasteiger partial charge in [-0.05, 0) is 36.8 Å². The van der Waals surface area contributed by atoms with Gasteiger partial charge in [-0.25, -0.2) is 4.39 Å². The predicted octanol–water partition coefficient (Wildman–Crippen LogP) is 3.26. The van der Waals surface area contributed by atoms with Crippen LogP contribution in [0.1, 0.15) is 30.3 Å². The van der Waals surface area contributed by atoms with Crippen molar-refractivity contribution >= 4 is 11.6 Å². The minimum Gasteiger partial charge on any atom is -0.387 e. The minimum atomic E-state index is -0.798. The number of nitrogens with zero attached hydrogens (tertiary/aromatic N) is 1. The molecule has 0 saturated heterocycles. The maximum atomic E-state index is 13.3. The van der Waals surface area contributed by atoms with Crippen LogP contribution >= 0.6 is 11.6 Å². The molecule has 2 aromatic rings. The lowest BCUT2D eigenvalue weighted by Gasteiger charge is -2.17. The standard InChI is InChI=1S/C15H16ClFN2O/c1-10(14-4-2-3-7-18-14)19-9-15(20)11-5-6-12(16)13(17)8-11/h2-8,10,15,19-20H,9H2,1H3. The number of nitrogens with one attached hydrogen (secondary N) is 1. The van der Waals surface area contributed by atoms with E-state index in [9.17, 15) is 9.50 Å². The highest BCUT2D eigenvalue weighted by Gasteiger charge is 2.12. The van der Waals surface area contributed by atoms with Crippen LogP contribution in [0.15, 0.2) is 42.6 Å². The van der Waals surface area contributed by atoms with Crippen LogP contribution in [0.5, 0.6) is 0 Å². The highest BCUT2D eigenvalue weighted by atomic mass is 35.5. The SMILES string of the molecule is CC(NCC(O)c1ccc(Cl)c(F)c1)c1ccccn1. The zero-order chi connectivity index (χ0) is 14.5. The Hall–Kier alpha value is -1.49. The van der Waals surface area contributed by atoms with Gasteiger partial charge in [0.2, 0.25) is 0 Å². The maximum Gasteiger partial charge on any atom is 0.142 e. The van der Waals surface area contributed by atoms with E-state index in [1.54, 1.807) is 12.3 Å². The molecular formula is C15H16ClFN2O. The van der Waals surface area contributed by atoms with E-state index in [4.69, 9.17) is 11.6 Å². The smallest absolute Gasteiger partial charge is 0.142 e. The number of hydrogen-bond donors (Lipinski definition) is 2. The lowest BCUT2D eigenvalue weighted by molar-refractivity contribution is 0.170. The summed E-state index contributed by atoms with van der Waals surface area (Å²) in [6.45, 7) is 2.26. The number of rotatable bonds is 5. The summed E-state index contributed by atoms with van der Waals surface area (Å²) in [7, 11) is 0. The summed E-state index contributed by atoms with van der Waals surface area (Å²) in [6, 6.07) is 9.98. The molecule has 0 bridgehead atoms. The third kappa shape index (κ3) is 3.76. The molecule has 20 heavy (non-hydrogen) atoms. The quantitative estimate of drug-likeness (QED) is 0.890. The minimum absolute atomic E-state index is 0.00278. The normalized spacial score (nSPS) is 14.0. The molecule has 0 saturated carbocycles. The topological polar surface area (TPSA) is 45.1 Å². The molecule has 0 aliphatic carbocycles. The molecule has 2 atom stereocenters. The Kier molecular flexibility index (Phi) is 5.06. The monoisotopic (exact) mass is 294 g/mol. The number of benzene rings is 1. The average molecular weight is 295 g/mol. The van der Waals surface area contributed by atoms with Crippen molar-refractivity contribution < 1.29 is 9.50 Å². The molecule has 1 aromatic heterocycles. The molecule has 0 spiro atoms.